The van der Waals surface area contributed by atoms with E-state index in [0.717, 1.165) is 32.7 Å². The fraction of sp³-hybridized carbons (Fsp3) is 0.562. The lowest BCUT2D eigenvalue weighted by atomic mass is 10.1. The average molecular weight is 335 g/mol. The van der Waals surface area contributed by atoms with Crippen molar-refractivity contribution in [1.29, 1.82) is 0 Å². The number of carbonyl (C=O) groups is 1. The zero-order chi connectivity index (χ0) is 17.7. The maximum atomic E-state index is 12.0. The molecule has 8 nitrogen and oxygen atoms in total. The van der Waals surface area contributed by atoms with E-state index in [0.29, 0.717) is 5.69 Å². The van der Waals surface area contributed by atoms with Gasteiger partial charge < -0.3 is 15.5 Å². The van der Waals surface area contributed by atoms with Crippen molar-refractivity contribution in [2.75, 3.05) is 52.1 Å². The first-order chi connectivity index (χ1) is 11.4. The molecule has 132 valence electrons. The van der Waals surface area contributed by atoms with Crippen LogP contribution < -0.4 is 10.6 Å². The molecule has 1 atom stereocenters. The molecule has 1 saturated heterocycles. The highest BCUT2D eigenvalue weighted by atomic mass is 16.6. The third kappa shape index (κ3) is 4.65. The van der Waals surface area contributed by atoms with E-state index >= 15 is 0 Å². The Morgan fingerprint density at radius 2 is 2.00 bits per heavy atom. The molecule has 0 radical (unpaired) electrons. The van der Waals surface area contributed by atoms with Gasteiger partial charge >= 0.3 is 0 Å². The molecule has 1 aliphatic heterocycles. The highest BCUT2D eigenvalue weighted by molar-refractivity contribution is 6.00. The number of nitro benzene ring substituents is 1. The van der Waals surface area contributed by atoms with E-state index in [1.54, 1.807) is 6.07 Å². The molecule has 1 unspecified atom stereocenters. The summed E-state index contributed by atoms with van der Waals surface area (Å²) in [7, 11) is 3.63. The van der Waals surface area contributed by atoms with Crippen molar-refractivity contribution in [2.45, 2.75) is 13.0 Å². The Kier molecular flexibility index (Phi) is 6.10. The summed E-state index contributed by atoms with van der Waals surface area (Å²) in [6, 6.07) is 4.45. The molecule has 8 heteroatoms. The van der Waals surface area contributed by atoms with Crippen molar-refractivity contribution in [3.8, 4) is 0 Å². The Bertz CT molecular complexity index is 599. The number of piperazine rings is 1. The van der Waals surface area contributed by atoms with Crippen molar-refractivity contribution >= 4 is 17.3 Å². The van der Waals surface area contributed by atoms with Gasteiger partial charge in [-0.05, 0) is 20.0 Å². The van der Waals surface area contributed by atoms with E-state index in [2.05, 4.69) is 27.5 Å². The van der Waals surface area contributed by atoms with Crippen LogP contribution in [0.15, 0.2) is 18.2 Å². The minimum Gasteiger partial charge on any atom is -0.381 e. The molecule has 1 aromatic carbocycles. The van der Waals surface area contributed by atoms with Crippen molar-refractivity contribution in [3.05, 3.63) is 33.9 Å². The monoisotopic (exact) mass is 335 g/mol. The Labute approximate surface area is 142 Å². The number of rotatable bonds is 6. The minimum atomic E-state index is -0.496. The van der Waals surface area contributed by atoms with Crippen molar-refractivity contribution in [3.63, 3.8) is 0 Å². The molecule has 0 spiro atoms. The SMILES string of the molecule is CNC(=O)c1cc([N+](=O)[O-])ccc1NC(C)CN1CCN(C)CC1. The van der Waals surface area contributed by atoms with Crippen LogP contribution in [0.25, 0.3) is 0 Å². The molecule has 2 rings (SSSR count). The van der Waals surface area contributed by atoms with Crippen molar-refractivity contribution < 1.29 is 9.72 Å². The zero-order valence-corrected chi connectivity index (χ0v) is 14.4. The van der Waals surface area contributed by atoms with E-state index in [1.165, 1.54) is 19.2 Å². The topological polar surface area (TPSA) is 90.7 Å². The number of carbonyl (C=O) groups excluding carboxylic acids is 1. The fourth-order valence-corrected chi connectivity index (χ4v) is 2.82. The normalized spacial score (nSPS) is 17.3. The third-order valence-electron chi connectivity index (χ3n) is 4.22. The van der Waals surface area contributed by atoms with Gasteiger partial charge in [0.1, 0.15) is 0 Å². The molecule has 0 bridgehead atoms. The summed E-state index contributed by atoms with van der Waals surface area (Å²) in [5, 5.41) is 16.8. The largest absolute Gasteiger partial charge is 0.381 e. The van der Waals surface area contributed by atoms with Gasteiger partial charge in [0.25, 0.3) is 11.6 Å². The predicted molar refractivity (Wildman–Crippen MR) is 93.5 cm³/mol. The molecule has 24 heavy (non-hydrogen) atoms. The molecule has 1 fully saturated rings. The van der Waals surface area contributed by atoms with Gasteiger partial charge in [-0.25, -0.2) is 0 Å². The first-order valence-corrected chi connectivity index (χ1v) is 8.08. The van der Waals surface area contributed by atoms with Gasteiger partial charge in [-0.15, -0.1) is 0 Å². The van der Waals surface area contributed by atoms with Crippen LogP contribution in [0.1, 0.15) is 17.3 Å². The second kappa shape index (κ2) is 8.07. The van der Waals surface area contributed by atoms with Crippen LogP contribution in [0.5, 0.6) is 0 Å². The number of hydrogen-bond acceptors (Lipinski definition) is 6. The Balaban J connectivity index is 2.07. The lowest BCUT2D eigenvalue weighted by Crippen LogP contribution is -2.47. The number of nitro groups is 1. The average Bonchev–Trinajstić information content (AvgIpc) is 2.56. The zero-order valence-electron chi connectivity index (χ0n) is 14.4. The number of amides is 1. The van der Waals surface area contributed by atoms with Gasteiger partial charge in [-0.1, -0.05) is 0 Å². The van der Waals surface area contributed by atoms with Gasteiger partial charge in [-0.3, -0.25) is 19.8 Å². The Hall–Kier alpha value is -2.19. The number of likely N-dealkylation sites (N-methyl/N-ethyl adjacent to an activating group) is 1. The maximum Gasteiger partial charge on any atom is 0.270 e. The molecule has 1 aromatic rings. The predicted octanol–water partition coefficient (Wildman–Crippen LogP) is 1.00. The van der Waals surface area contributed by atoms with Crippen molar-refractivity contribution in [1.82, 2.24) is 15.1 Å². The van der Waals surface area contributed by atoms with Gasteiger partial charge in [-0.2, -0.15) is 0 Å². The van der Waals surface area contributed by atoms with Crippen LogP contribution >= 0.6 is 0 Å². The van der Waals surface area contributed by atoms with Crippen LogP contribution in [-0.4, -0.2) is 73.5 Å². The van der Waals surface area contributed by atoms with E-state index in [9.17, 15) is 14.9 Å². The Morgan fingerprint density at radius 3 is 2.58 bits per heavy atom. The van der Waals surface area contributed by atoms with Gasteiger partial charge in [0.15, 0.2) is 0 Å². The van der Waals surface area contributed by atoms with E-state index in [-0.39, 0.29) is 23.2 Å². The van der Waals surface area contributed by atoms with Gasteiger partial charge in [0.2, 0.25) is 0 Å². The first kappa shape index (κ1) is 18.2. The number of nitrogens with one attached hydrogen (secondary N) is 2. The molecule has 0 aliphatic carbocycles. The third-order valence-corrected chi connectivity index (χ3v) is 4.22. The number of non-ortho nitro benzene ring substituents is 1. The standard InChI is InChI=1S/C16H25N5O3/c1-12(11-20-8-6-19(3)7-9-20)18-15-5-4-13(21(23)24)10-14(15)16(22)17-2/h4-5,10,12,18H,6-9,11H2,1-3H3,(H,17,22). The van der Waals surface area contributed by atoms with E-state index in [4.69, 9.17) is 0 Å². The number of nitrogens with zero attached hydrogens (tertiary/aromatic N) is 3. The van der Waals surface area contributed by atoms with Crippen LogP contribution in [0.2, 0.25) is 0 Å². The second-order valence-corrected chi connectivity index (χ2v) is 6.22. The molecular weight excluding hydrogens is 310 g/mol. The summed E-state index contributed by atoms with van der Waals surface area (Å²) in [5.41, 5.74) is 0.810. The number of anilines is 1. The minimum absolute atomic E-state index is 0.0918. The van der Waals surface area contributed by atoms with Crippen LogP contribution in [-0.2, 0) is 0 Å². The second-order valence-electron chi connectivity index (χ2n) is 6.22. The highest BCUT2D eigenvalue weighted by Gasteiger charge is 2.19. The van der Waals surface area contributed by atoms with E-state index < -0.39 is 4.92 Å². The summed E-state index contributed by atoms with van der Waals surface area (Å²) in [6.45, 7) is 7.04. The van der Waals surface area contributed by atoms with Crippen LogP contribution in [0.4, 0.5) is 11.4 Å². The molecule has 1 amide bonds. The summed E-state index contributed by atoms with van der Waals surface area (Å²) >= 11 is 0. The molecular formula is C16H25N5O3. The lowest BCUT2D eigenvalue weighted by molar-refractivity contribution is -0.384. The maximum absolute atomic E-state index is 12.0. The summed E-state index contributed by atoms with van der Waals surface area (Å²) < 4.78 is 0. The van der Waals surface area contributed by atoms with Crippen LogP contribution in [0, 0.1) is 10.1 Å². The Morgan fingerprint density at radius 1 is 1.33 bits per heavy atom. The summed E-state index contributed by atoms with van der Waals surface area (Å²) in [6.07, 6.45) is 0. The fourth-order valence-electron chi connectivity index (χ4n) is 2.82. The highest BCUT2D eigenvalue weighted by Crippen LogP contribution is 2.23. The van der Waals surface area contributed by atoms with Crippen LogP contribution in [0.3, 0.4) is 0 Å². The summed E-state index contributed by atoms with van der Waals surface area (Å²) in [5.74, 6) is -0.340. The molecule has 1 heterocycles. The quantitative estimate of drug-likeness (QED) is 0.595. The van der Waals surface area contributed by atoms with Gasteiger partial charge in [0.05, 0.1) is 10.5 Å². The molecule has 2 N–H and O–H groups in total. The van der Waals surface area contributed by atoms with E-state index in [1.807, 2.05) is 6.92 Å². The number of benzene rings is 1. The molecule has 0 saturated carbocycles. The van der Waals surface area contributed by atoms with Crippen molar-refractivity contribution in [2.24, 2.45) is 0 Å². The summed E-state index contributed by atoms with van der Waals surface area (Å²) in [4.78, 5) is 27.1. The first-order valence-electron chi connectivity index (χ1n) is 8.08. The number of hydrogen-bond donors (Lipinski definition) is 2. The molecule has 0 aromatic heterocycles. The smallest absolute Gasteiger partial charge is 0.270 e. The lowest BCUT2D eigenvalue weighted by Gasteiger charge is -2.34. The molecule has 1 aliphatic rings. The van der Waals surface area contributed by atoms with Gasteiger partial charge in [0, 0.05) is 63.6 Å².